The summed E-state index contributed by atoms with van der Waals surface area (Å²) in [6.45, 7) is 0. The molecule has 0 amide bonds. The first-order valence-corrected chi connectivity index (χ1v) is 3.90. The van der Waals surface area contributed by atoms with Crippen molar-refractivity contribution in [3.63, 3.8) is 0 Å². The molecule has 0 aliphatic carbocycles. The number of alkyl halides is 3. The Bertz CT molecular complexity index is 390. The lowest BCUT2D eigenvalue weighted by Gasteiger charge is -2.11. The maximum atomic E-state index is 12.4. The van der Waals surface area contributed by atoms with Crippen molar-refractivity contribution in [2.75, 3.05) is 12.4 Å². The molecule has 1 aromatic carbocycles. The molecule has 0 atom stereocenters. The third kappa shape index (κ3) is 2.17. The Morgan fingerprint density at radius 1 is 1.40 bits per heavy atom. The van der Waals surface area contributed by atoms with Crippen molar-refractivity contribution in [1.82, 2.24) is 0 Å². The van der Waals surface area contributed by atoms with Gasteiger partial charge < -0.3 is 5.32 Å². The number of nitro benzene ring substituents is 1. The van der Waals surface area contributed by atoms with Crippen LogP contribution >= 0.6 is 0 Å². The summed E-state index contributed by atoms with van der Waals surface area (Å²) >= 11 is 0. The fraction of sp³-hybridized carbons (Fsp3) is 0.250. The molecule has 0 radical (unpaired) electrons. The van der Waals surface area contributed by atoms with Crippen LogP contribution < -0.4 is 5.32 Å². The Hall–Kier alpha value is -1.79. The van der Waals surface area contributed by atoms with Gasteiger partial charge in [-0.15, -0.1) is 0 Å². The number of nitro groups is 1. The second kappa shape index (κ2) is 3.76. The van der Waals surface area contributed by atoms with Gasteiger partial charge in [-0.1, -0.05) is 6.07 Å². The number of rotatable bonds is 2. The topological polar surface area (TPSA) is 55.2 Å². The number of para-hydroxylation sites is 1. The van der Waals surface area contributed by atoms with Crippen LogP contribution in [0.15, 0.2) is 18.2 Å². The Morgan fingerprint density at radius 2 is 2.00 bits per heavy atom. The second-order valence-corrected chi connectivity index (χ2v) is 2.70. The van der Waals surface area contributed by atoms with Gasteiger partial charge in [-0.3, -0.25) is 10.1 Å². The molecule has 0 heterocycles. The zero-order chi connectivity index (χ0) is 11.6. The third-order valence-electron chi connectivity index (χ3n) is 1.79. The normalized spacial score (nSPS) is 11.2. The van der Waals surface area contributed by atoms with Crippen LogP contribution in [0.25, 0.3) is 0 Å². The van der Waals surface area contributed by atoms with Gasteiger partial charge >= 0.3 is 6.18 Å². The van der Waals surface area contributed by atoms with Crippen LogP contribution in [0, 0.1) is 10.1 Å². The highest BCUT2D eigenvalue weighted by Crippen LogP contribution is 2.39. The van der Waals surface area contributed by atoms with E-state index in [0.717, 1.165) is 18.2 Å². The molecule has 0 bridgehead atoms. The highest BCUT2D eigenvalue weighted by atomic mass is 19.4. The molecule has 0 spiro atoms. The first-order chi connectivity index (χ1) is 6.88. The summed E-state index contributed by atoms with van der Waals surface area (Å²) in [4.78, 5) is 9.60. The van der Waals surface area contributed by atoms with Crippen LogP contribution in [0.2, 0.25) is 0 Å². The molecule has 1 N–H and O–H groups in total. The van der Waals surface area contributed by atoms with E-state index in [-0.39, 0.29) is 0 Å². The van der Waals surface area contributed by atoms with Crippen LogP contribution in [0.1, 0.15) is 5.56 Å². The number of halogens is 3. The van der Waals surface area contributed by atoms with Crippen molar-refractivity contribution >= 4 is 11.4 Å². The molecule has 1 rings (SSSR count). The molecule has 0 unspecified atom stereocenters. The minimum absolute atomic E-state index is 0.519. The van der Waals surface area contributed by atoms with E-state index in [4.69, 9.17) is 0 Å². The van der Waals surface area contributed by atoms with E-state index < -0.39 is 28.0 Å². The average Bonchev–Trinajstić information content (AvgIpc) is 2.15. The van der Waals surface area contributed by atoms with Crippen molar-refractivity contribution < 1.29 is 18.1 Å². The summed E-state index contributed by atoms with van der Waals surface area (Å²) < 4.78 is 37.2. The molecule has 7 heteroatoms. The predicted octanol–water partition coefficient (Wildman–Crippen LogP) is 2.66. The smallest absolute Gasteiger partial charge is 0.382 e. The van der Waals surface area contributed by atoms with E-state index in [9.17, 15) is 23.3 Å². The lowest BCUT2D eigenvalue weighted by atomic mass is 10.1. The number of nitrogens with zero attached hydrogens (tertiary/aromatic N) is 1. The molecule has 0 fully saturated rings. The minimum Gasteiger partial charge on any atom is -0.382 e. The Morgan fingerprint density at radius 3 is 2.40 bits per heavy atom. The van der Waals surface area contributed by atoms with E-state index in [2.05, 4.69) is 5.32 Å². The second-order valence-electron chi connectivity index (χ2n) is 2.70. The summed E-state index contributed by atoms with van der Waals surface area (Å²) in [7, 11) is 1.21. The van der Waals surface area contributed by atoms with Crippen LogP contribution in [-0.4, -0.2) is 12.0 Å². The number of benzene rings is 1. The molecular weight excluding hydrogens is 213 g/mol. The average molecular weight is 220 g/mol. The minimum atomic E-state index is -4.61. The number of nitrogens with one attached hydrogen (secondary N) is 1. The van der Waals surface area contributed by atoms with E-state index in [1.165, 1.54) is 7.05 Å². The summed E-state index contributed by atoms with van der Waals surface area (Å²) in [6.07, 6.45) is -4.61. The zero-order valence-electron chi connectivity index (χ0n) is 7.63. The van der Waals surface area contributed by atoms with Gasteiger partial charge in [-0.25, -0.2) is 0 Å². The Kier molecular flexibility index (Phi) is 2.83. The van der Waals surface area contributed by atoms with Gasteiger partial charge in [0.2, 0.25) is 0 Å². The molecule has 0 saturated heterocycles. The molecule has 1 aromatic rings. The monoisotopic (exact) mass is 220 g/mol. The van der Waals surface area contributed by atoms with E-state index in [1.54, 1.807) is 0 Å². The Balaban J connectivity index is 3.42. The highest BCUT2D eigenvalue weighted by Gasteiger charge is 2.36. The third-order valence-corrected chi connectivity index (χ3v) is 1.79. The van der Waals surface area contributed by atoms with Crippen molar-refractivity contribution in [2.45, 2.75) is 6.18 Å². The summed E-state index contributed by atoms with van der Waals surface area (Å²) in [5, 5.41) is 12.6. The molecule has 0 aliphatic heterocycles. The maximum Gasteiger partial charge on any atom is 0.418 e. The van der Waals surface area contributed by atoms with Gasteiger partial charge in [0.25, 0.3) is 5.69 Å². The molecule has 0 aliphatic rings. The van der Waals surface area contributed by atoms with E-state index in [1.807, 2.05) is 0 Å². The fourth-order valence-corrected chi connectivity index (χ4v) is 1.19. The molecule has 15 heavy (non-hydrogen) atoms. The SMILES string of the molecule is CNc1c([N+](=O)[O-])cccc1C(F)(F)F. The quantitative estimate of drug-likeness (QED) is 0.615. The molecule has 82 valence electrons. The van der Waals surface area contributed by atoms with Crippen LogP contribution in [0.3, 0.4) is 0 Å². The lowest BCUT2D eigenvalue weighted by molar-refractivity contribution is -0.384. The fourth-order valence-electron chi connectivity index (χ4n) is 1.19. The van der Waals surface area contributed by atoms with Gasteiger partial charge in [-0.2, -0.15) is 13.2 Å². The Labute approximate surface area is 82.9 Å². The van der Waals surface area contributed by atoms with Crippen molar-refractivity contribution in [1.29, 1.82) is 0 Å². The molecule has 0 saturated carbocycles. The van der Waals surface area contributed by atoms with Gasteiger partial charge in [0.15, 0.2) is 0 Å². The summed E-state index contributed by atoms with van der Waals surface area (Å²) in [5.41, 5.74) is -2.15. The number of hydrogen-bond donors (Lipinski definition) is 1. The van der Waals surface area contributed by atoms with Gasteiger partial charge in [0.05, 0.1) is 10.5 Å². The van der Waals surface area contributed by atoms with Gasteiger partial charge in [0, 0.05) is 13.1 Å². The van der Waals surface area contributed by atoms with Crippen LogP contribution in [0.5, 0.6) is 0 Å². The first-order valence-electron chi connectivity index (χ1n) is 3.90. The van der Waals surface area contributed by atoms with E-state index >= 15 is 0 Å². The van der Waals surface area contributed by atoms with Gasteiger partial charge in [0.1, 0.15) is 5.69 Å². The summed E-state index contributed by atoms with van der Waals surface area (Å²) in [6, 6.07) is 2.81. The first kappa shape index (κ1) is 11.3. The van der Waals surface area contributed by atoms with E-state index in [0.29, 0.717) is 0 Å². The number of hydrogen-bond acceptors (Lipinski definition) is 3. The molecular formula is C8H7F3N2O2. The van der Waals surface area contributed by atoms with Gasteiger partial charge in [-0.05, 0) is 6.07 Å². The summed E-state index contributed by atoms with van der Waals surface area (Å²) in [5.74, 6) is 0. The highest BCUT2D eigenvalue weighted by molar-refractivity contribution is 5.66. The zero-order valence-corrected chi connectivity index (χ0v) is 7.63. The standard InChI is InChI=1S/C8H7F3N2O2/c1-12-7-5(8(9,10)11)3-2-4-6(7)13(14)15/h2-4,12H,1H3. The number of anilines is 1. The van der Waals surface area contributed by atoms with Crippen LogP contribution in [-0.2, 0) is 6.18 Å². The molecule has 4 nitrogen and oxygen atoms in total. The maximum absolute atomic E-state index is 12.4. The lowest BCUT2D eigenvalue weighted by Crippen LogP contribution is -2.10. The van der Waals surface area contributed by atoms with Crippen LogP contribution in [0.4, 0.5) is 24.5 Å². The predicted molar refractivity (Wildman–Crippen MR) is 47.6 cm³/mol. The largest absolute Gasteiger partial charge is 0.418 e. The van der Waals surface area contributed by atoms with Crippen molar-refractivity contribution in [3.05, 3.63) is 33.9 Å². The van der Waals surface area contributed by atoms with Crippen molar-refractivity contribution in [3.8, 4) is 0 Å². The molecule has 0 aromatic heterocycles. The van der Waals surface area contributed by atoms with Crippen molar-refractivity contribution in [2.24, 2.45) is 0 Å².